The molecular formula is C18H12FNO4. The van der Waals surface area contributed by atoms with E-state index < -0.39 is 17.8 Å². The average molecular weight is 325 g/mol. The number of benzene rings is 2. The number of cyclic esters (lactones) is 1. The summed E-state index contributed by atoms with van der Waals surface area (Å²) in [5.74, 6) is -1.26. The van der Waals surface area contributed by atoms with E-state index in [1.165, 1.54) is 31.2 Å². The number of rotatable bonds is 3. The molecule has 5 nitrogen and oxygen atoms in total. The van der Waals surface area contributed by atoms with Crippen LogP contribution in [0.25, 0.3) is 6.08 Å². The second-order valence-corrected chi connectivity index (χ2v) is 4.98. The van der Waals surface area contributed by atoms with Crippen molar-refractivity contribution in [3.05, 3.63) is 71.2 Å². The predicted molar refractivity (Wildman–Crippen MR) is 84.8 cm³/mol. The van der Waals surface area contributed by atoms with Crippen molar-refractivity contribution in [1.29, 1.82) is 0 Å². The molecular weight excluding hydrogens is 313 g/mol. The SMILES string of the molecule is CC(=O)Oc1ccc(/C=C2/N=C(c3ccccc3F)OC2=O)cc1. The lowest BCUT2D eigenvalue weighted by molar-refractivity contribution is -0.132. The molecule has 1 aliphatic heterocycles. The fraction of sp³-hybridized carbons (Fsp3) is 0.0556. The van der Waals surface area contributed by atoms with Crippen molar-refractivity contribution in [3.63, 3.8) is 0 Å². The van der Waals surface area contributed by atoms with Crippen LogP contribution in [0, 0.1) is 5.82 Å². The highest BCUT2D eigenvalue weighted by molar-refractivity contribution is 6.12. The molecule has 0 saturated heterocycles. The zero-order valence-electron chi connectivity index (χ0n) is 12.7. The molecule has 2 aromatic rings. The van der Waals surface area contributed by atoms with Gasteiger partial charge >= 0.3 is 11.9 Å². The molecule has 24 heavy (non-hydrogen) atoms. The molecule has 1 aliphatic rings. The lowest BCUT2D eigenvalue weighted by Crippen LogP contribution is -2.07. The minimum absolute atomic E-state index is 0.0634. The lowest BCUT2D eigenvalue weighted by atomic mass is 10.2. The average Bonchev–Trinajstić information content (AvgIpc) is 2.90. The number of halogens is 1. The fourth-order valence-electron chi connectivity index (χ4n) is 2.11. The monoisotopic (exact) mass is 325 g/mol. The van der Waals surface area contributed by atoms with Crippen molar-refractivity contribution < 1.29 is 23.5 Å². The number of aliphatic imine (C=N–C) groups is 1. The molecule has 0 bridgehead atoms. The van der Waals surface area contributed by atoms with Crippen molar-refractivity contribution in [2.45, 2.75) is 6.92 Å². The van der Waals surface area contributed by atoms with Gasteiger partial charge in [-0.2, -0.15) is 0 Å². The number of hydrogen-bond donors (Lipinski definition) is 0. The molecule has 0 aromatic heterocycles. The number of hydrogen-bond acceptors (Lipinski definition) is 5. The summed E-state index contributed by atoms with van der Waals surface area (Å²) in [6, 6.07) is 12.4. The number of nitrogens with zero attached hydrogens (tertiary/aromatic N) is 1. The van der Waals surface area contributed by atoms with Gasteiger partial charge in [-0.25, -0.2) is 14.2 Å². The summed E-state index contributed by atoms with van der Waals surface area (Å²) in [6.07, 6.45) is 1.51. The molecule has 0 spiro atoms. The van der Waals surface area contributed by atoms with Crippen molar-refractivity contribution in [2.24, 2.45) is 4.99 Å². The van der Waals surface area contributed by atoms with Gasteiger partial charge in [0.25, 0.3) is 0 Å². The van der Waals surface area contributed by atoms with E-state index in [4.69, 9.17) is 9.47 Å². The Morgan fingerprint density at radius 2 is 1.88 bits per heavy atom. The van der Waals surface area contributed by atoms with Gasteiger partial charge in [-0.05, 0) is 35.9 Å². The summed E-state index contributed by atoms with van der Waals surface area (Å²) >= 11 is 0. The standard InChI is InChI=1S/C18H12FNO4/c1-11(21)23-13-8-6-12(7-9-13)10-16-18(22)24-17(20-16)14-4-2-3-5-15(14)19/h2-10H,1H3/b16-10+. The zero-order chi connectivity index (χ0) is 17.1. The van der Waals surface area contributed by atoms with Crippen LogP contribution in [0.15, 0.2) is 59.2 Å². The molecule has 1 heterocycles. The third-order valence-electron chi connectivity index (χ3n) is 3.17. The summed E-state index contributed by atoms with van der Waals surface area (Å²) in [5, 5.41) is 0. The first kappa shape index (κ1) is 15.6. The van der Waals surface area contributed by atoms with Crippen LogP contribution < -0.4 is 4.74 Å². The second kappa shape index (κ2) is 6.45. The lowest BCUT2D eigenvalue weighted by Gasteiger charge is -2.00. The van der Waals surface area contributed by atoms with Crippen LogP contribution in [-0.2, 0) is 14.3 Å². The highest BCUT2D eigenvalue weighted by Crippen LogP contribution is 2.21. The predicted octanol–water partition coefficient (Wildman–Crippen LogP) is 3.10. The third kappa shape index (κ3) is 3.38. The van der Waals surface area contributed by atoms with Gasteiger partial charge in [0.1, 0.15) is 11.6 Å². The van der Waals surface area contributed by atoms with Gasteiger partial charge in [0.15, 0.2) is 5.70 Å². The molecule has 3 rings (SSSR count). The van der Waals surface area contributed by atoms with Crippen molar-refractivity contribution in [3.8, 4) is 5.75 Å². The normalized spacial score (nSPS) is 15.2. The van der Waals surface area contributed by atoms with E-state index in [0.717, 1.165) is 0 Å². The Labute approximate surface area is 137 Å². The maximum absolute atomic E-state index is 13.7. The number of ether oxygens (including phenoxy) is 2. The molecule has 0 atom stereocenters. The molecule has 6 heteroatoms. The van der Waals surface area contributed by atoms with E-state index in [-0.39, 0.29) is 17.2 Å². The van der Waals surface area contributed by atoms with Crippen LogP contribution in [-0.4, -0.2) is 17.8 Å². The second-order valence-electron chi connectivity index (χ2n) is 4.98. The Morgan fingerprint density at radius 1 is 1.17 bits per heavy atom. The van der Waals surface area contributed by atoms with Crippen LogP contribution >= 0.6 is 0 Å². The van der Waals surface area contributed by atoms with Crippen LogP contribution in [0.2, 0.25) is 0 Å². The van der Waals surface area contributed by atoms with E-state index in [2.05, 4.69) is 4.99 Å². The summed E-state index contributed by atoms with van der Waals surface area (Å²) in [4.78, 5) is 26.8. The van der Waals surface area contributed by atoms with Crippen molar-refractivity contribution in [2.75, 3.05) is 0 Å². The Hall–Kier alpha value is -3.28. The first-order valence-corrected chi connectivity index (χ1v) is 7.09. The molecule has 0 amide bonds. The van der Waals surface area contributed by atoms with Crippen molar-refractivity contribution in [1.82, 2.24) is 0 Å². The van der Waals surface area contributed by atoms with E-state index >= 15 is 0 Å². The highest BCUT2D eigenvalue weighted by atomic mass is 19.1. The first-order valence-electron chi connectivity index (χ1n) is 7.09. The Bertz CT molecular complexity index is 869. The van der Waals surface area contributed by atoms with Gasteiger partial charge in [-0.15, -0.1) is 0 Å². The maximum atomic E-state index is 13.7. The van der Waals surface area contributed by atoms with Gasteiger partial charge in [-0.1, -0.05) is 24.3 Å². The van der Waals surface area contributed by atoms with Gasteiger partial charge in [-0.3, -0.25) is 4.79 Å². The Morgan fingerprint density at radius 3 is 2.54 bits per heavy atom. The van der Waals surface area contributed by atoms with Gasteiger partial charge in [0.05, 0.1) is 5.56 Å². The summed E-state index contributed by atoms with van der Waals surface area (Å²) in [5.41, 5.74) is 0.851. The molecule has 0 unspecified atom stereocenters. The largest absolute Gasteiger partial charge is 0.427 e. The first-order chi connectivity index (χ1) is 11.5. The fourth-order valence-corrected chi connectivity index (χ4v) is 2.11. The minimum Gasteiger partial charge on any atom is -0.427 e. The smallest absolute Gasteiger partial charge is 0.363 e. The third-order valence-corrected chi connectivity index (χ3v) is 3.17. The molecule has 0 saturated carbocycles. The van der Waals surface area contributed by atoms with E-state index in [0.29, 0.717) is 11.3 Å². The van der Waals surface area contributed by atoms with Gasteiger partial charge in [0.2, 0.25) is 5.90 Å². The molecule has 2 aromatic carbocycles. The van der Waals surface area contributed by atoms with Crippen molar-refractivity contribution >= 4 is 23.9 Å². The van der Waals surface area contributed by atoms with Crippen LogP contribution in [0.5, 0.6) is 5.75 Å². The zero-order valence-corrected chi connectivity index (χ0v) is 12.7. The highest BCUT2D eigenvalue weighted by Gasteiger charge is 2.25. The van der Waals surface area contributed by atoms with Gasteiger partial charge in [0, 0.05) is 6.92 Å². The van der Waals surface area contributed by atoms with Crippen LogP contribution in [0.3, 0.4) is 0 Å². The van der Waals surface area contributed by atoms with E-state index in [1.54, 1.807) is 30.3 Å². The Kier molecular flexibility index (Phi) is 4.20. The molecule has 0 N–H and O–H groups in total. The number of esters is 2. The molecule has 0 radical (unpaired) electrons. The molecule has 0 fully saturated rings. The van der Waals surface area contributed by atoms with E-state index in [1.807, 2.05) is 0 Å². The van der Waals surface area contributed by atoms with Gasteiger partial charge < -0.3 is 9.47 Å². The van der Waals surface area contributed by atoms with E-state index in [9.17, 15) is 14.0 Å². The molecule has 0 aliphatic carbocycles. The summed E-state index contributed by atoms with van der Waals surface area (Å²) in [7, 11) is 0. The van der Waals surface area contributed by atoms with Crippen LogP contribution in [0.4, 0.5) is 4.39 Å². The molecule has 120 valence electrons. The van der Waals surface area contributed by atoms with Crippen LogP contribution in [0.1, 0.15) is 18.1 Å². The summed E-state index contributed by atoms with van der Waals surface area (Å²) in [6.45, 7) is 1.31. The quantitative estimate of drug-likeness (QED) is 0.494. The number of carbonyl (C=O) groups is 2. The number of carbonyl (C=O) groups excluding carboxylic acids is 2. The maximum Gasteiger partial charge on any atom is 0.363 e. The minimum atomic E-state index is -0.655. The Balaban J connectivity index is 1.86. The summed E-state index contributed by atoms with van der Waals surface area (Å²) < 4.78 is 23.7. The topological polar surface area (TPSA) is 65.0 Å².